The highest BCUT2D eigenvalue weighted by atomic mass is 16.3. The number of hydrogen-bond donors (Lipinski definition) is 3. The van der Waals surface area contributed by atoms with Gasteiger partial charge in [-0.15, -0.1) is 0 Å². The van der Waals surface area contributed by atoms with Crippen LogP contribution in [-0.2, 0) is 4.79 Å². The molecule has 1 aromatic carbocycles. The number of phenolic OH excluding ortho intramolecular Hbond substituents is 1. The standard InChI is InChI=1S/C36H57NO4/c1-4-5-22-37(3)32(40)15-13-11-9-7-6-8-10-12-14-28-33-27(26-17-16-25(38)23-29(26)34(28)41)18-19-35(2)30(33)24-31(39)36(35)20-21-36/h16-17,23,27-28,30-31,33-34,38-39,41H,4-15,18-22,24H2,1-3H3/t27?,28?,30?,31-,33?,34+,35+/m1/s1. The number of amides is 1. The number of rotatable bonds is 14. The molecule has 41 heavy (non-hydrogen) atoms. The van der Waals surface area contributed by atoms with Crippen molar-refractivity contribution in [1.29, 1.82) is 0 Å². The highest BCUT2D eigenvalue weighted by molar-refractivity contribution is 5.75. The fourth-order valence-corrected chi connectivity index (χ4v) is 9.79. The van der Waals surface area contributed by atoms with E-state index in [4.69, 9.17) is 0 Å². The number of hydrogen-bond acceptors (Lipinski definition) is 4. The van der Waals surface area contributed by atoms with Gasteiger partial charge < -0.3 is 20.2 Å². The molecular formula is C36H57NO4. The van der Waals surface area contributed by atoms with Crippen molar-refractivity contribution in [3.8, 4) is 5.75 Å². The number of benzene rings is 1. The minimum absolute atomic E-state index is 0.131. The van der Waals surface area contributed by atoms with Gasteiger partial charge in [0.2, 0.25) is 5.91 Å². The van der Waals surface area contributed by atoms with Gasteiger partial charge in [-0.1, -0.05) is 71.3 Å². The van der Waals surface area contributed by atoms with Crippen LogP contribution in [0.3, 0.4) is 0 Å². The Labute approximate surface area is 249 Å². The average Bonchev–Trinajstić information content (AvgIpc) is 3.75. The summed E-state index contributed by atoms with van der Waals surface area (Å²) < 4.78 is 0. The number of carbonyl (C=O) groups excluding carboxylic acids is 1. The molecule has 3 fully saturated rings. The van der Waals surface area contributed by atoms with Crippen LogP contribution >= 0.6 is 0 Å². The Balaban J connectivity index is 1.11. The zero-order valence-corrected chi connectivity index (χ0v) is 26.1. The van der Waals surface area contributed by atoms with Crippen LogP contribution in [0.4, 0.5) is 0 Å². The summed E-state index contributed by atoms with van der Waals surface area (Å²) >= 11 is 0. The smallest absolute Gasteiger partial charge is 0.222 e. The average molecular weight is 568 g/mol. The predicted octanol–water partition coefficient (Wildman–Crippen LogP) is 7.88. The quantitative estimate of drug-likeness (QED) is 0.200. The molecule has 4 unspecified atom stereocenters. The van der Waals surface area contributed by atoms with Crippen LogP contribution in [0.15, 0.2) is 18.2 Å². The summed E-state index contributed by atoms with van der Waals surface area (Å²) in [5.74, 6) is 2.06. The van der Waals surface area contributed by atoms with Crippen molar-refractivity contribution in [2.75, 3.05) is 13.6 Å². The number of fused-ring (bicyclic) bond motifs is 6. The number of carbonyl (C=O) groups is 1. The second-order valence-corrected chi connectivity index (χ2v) is 14.6. The molecule has 0 radical (unpaired) electrons. The molecule has 4 aliphatic carbocycles. The van der Waals surface area contributed by atoms with E-state index < -0.39 is 6.10 Å². The van der Waals surface area contributed by atoms with Gasteiger partial charge in [-0.25, -0.2) is 0 Å². The molecule has 0 bridgehead atoms. The second kappa shape index (κ2) is 13.0. The van der Waals surface area contributed by atoms with Crippen molar-refractivity contribution in [2.45, 2.75) is 141 Å². The number of aliphatic hydroxyl groups is 2. The molecule has 7 atom stereocenters. The maximum Gasteiger partial charge on any atom is 0.222 e. The van der Waals surface area contributed by atoms with Gasteiger partial charge >= 0.3 is 0 Å². The topological polar surface area (TPSA) is 81.0 Å². The fraction of sp³-hybridized carbons (Fsp3) is 0.806. The van der Waals surface area contributed by atoms with Crippen molar-refractivity contribution in [2.24, 2.45) is 28.6 Å². The monoisotopic (exact) mass is 567 g/mol. The van der Waals surface area contributed by atoms with E-state index in [0.717, 1.165) is 63.5 Å². The molecule has 0 heterocycles. The maximum atomic E-state index is 12.2. The molecule has 5 rings (SSSR count). The van der Waals surface area contributed by atoms with Gasteiger partial charge in [0.1, 0.15) is 5.75 Å². The van der Waals surface area contributed by atoms with Crippen LogP contribution in [0.25, 0.3) is 0 Å². The van der Waals surface area contributed by atoms with Crippen LogP contribution in [0, 0.1) is 28.6 Å². The van der Waals surface area contributed by atoms with E-state index in [0.29, 0.717) is 30.1 Å². The first-order valence-electron chi connectivity index (χ1n) is 17.2. The molecule has 0 aliphatic heterocycles. The number of aliphatic hydroxyl groups excluding tert-OH is 2. The normalized spacial score (nSPS) is 32.8. The van der Waals surface area contributed by atoms with E-state index in [9.17, 15) is 20.1 Å². The molecule has 5 heteroatoms. The van der Waals surface area contributed by atoms with Crippen LogP contribution < -0.4 is 0 Å². The first kappa shape index (κ1) is 30.9. The van der Waals surface area contributed by atoms with Crippen molar-refractivity contribution >= 4 is 5.91 Å². The second-order valence-electron chi connectivity index (χ2n) is 14.6. The highest BCUT2D eigenvalue weighted by Crippen LogP contribution is 2.76. The van der Waals surface area contributed by atoms with Crippen molar-refractivity contribution < 1.29 is 20.1 Å². The summed E-state index contributed by atoms with van der Waals surface area (Å²) in [4.78, 5) is 14.1. The van der Waals surface area contributed by atoms with E-state index >= 15 is 0 Å². The van der Waals surface area contributed by atoms with Gasteiger partial charge in [0, 0.05) is 25.4 Å². The maximum absolute atomic E-state index is 12.2. The number of nitrogens with zero attached hydrogens (tertiary/aromatic N) is 1. The van der Waals surface area contributed by atoms with Crippen LogP contribution in [0.2, 0.25) is 0 Å². The predicted molar refractivity (Wildman–Crippen MR) is 165 cm³/mol. The lowest BCUT2D eigenvalue weighted by atomic mass is 9.50. The van der Waals surface area contributed by atoms with E-state index in [1.165, 1.54) is 56.9 Å². The third kappa shape index (κ3) is 5.96. The molecule has 4 aliphatic rings. The molecule has 0 saturated heterocycles. The lowest BCUT2D eigenvalue weighted by Gasteiger charge is -2.55. The number of phenols is 1. The Morgan fingerprint density at radius 1 is 0.951 bits per heavy atom. The molecule has 230 valence electrons. The molecule has 0 aromatic heterocycles. The largest absolute Gasteiger partial charge is 0.508 e. The highest BCUT2D eigenvalue weighted by Gasteiger charge is 2.71. The van der Waals surface area contributed by atoms with Gasteiger partial charge in [0.25, 0.3) is 0 Å². The fourth-order valence-electron chi connectivity index (χ4n) is 9.79. The summed E-state index contributed by atoms with van der Waals surface area (Å²) in [5, 5.41) is 33.2. The van der Waals surface area contributed by atoms with Gasteiger partial charge in [-0.3, -0.25) is 4.79 Å². The molecule has 1 spiro atoms. The molecule has 5 nitrogen and oxygen atoms in total. The summed E-state index contributed by atoms with van der Waals surface area (Å²) in [7, 11) is 1.93. The zero-order chi connectivity index (χ0) is 29.2. The number of unbranched alkanes of at least 4 members (excludes halogenated alkanes) is 8. The van der Waals surface area contributed by atoms with E-state index in [2.05, 4.69) is 19.9 Å². The van der Waals surface area contributed by atoms with E-state index in [-0.39, 0.29) is 28.6 Å². The van der Waals surface area contributed by atoms with Gasteiger partial charge in [-0.05, 0) is 104 Å². The lowest BCUT2D eigenvalue weighted by Crippen LogP contribution is -2.47. The summed E-state index contributed by atoms with van der Waals surface area (Å²) in [6.45, 7) is 5.51. The van der Waals surface area contributed by atoms with E-state index in [1.54, 1.807) is 6.07 Å². The Hall–Kier alpha value is -1.59. The third-order valence-electron chi connectivity index (χ3n) is 12.4. The molecule has 1 aromatic rings. The first-order chi connectivity index (χ1) is 19.7. The van der Waals surface area contributed by atoms with Gasteiger partial charge in [0.15, 0.2) is 0 Å². The summed E-state index contributed by atoms with van der Waals surface area (Å²) in [6, 6.07) is 5.69. The first-order valence-corrected chi connectivity index (χ1v) is 17.2. The number of aromatic hydroxyl groups is 1. The minimum atomic E-state index is -0.530. The molecule has 3 saturated carbocycles. The van der Waals surface area contributed by atoms with Crippen LogP contribution in [0.1, 0.15) is 146 Å². The summed E-state index contributed by atoms with van der Waals surface area (Å²) in [6.07, 6.45) is 18.2. The van der Waals surface area contributed by atoms with Crippen molar-refractivity contribution in [3.05, 3.63) is 29.3 Å². The molecule has 1 amide bonds. The van der Waals surface area contributed by atoms with Crippen molar-refractivity contribution in [1.82, 2.24) is 4.90 Å². The Morgan fingerprint density at radius 2 is 1.63 bits per heavy atom. The van der Waals surface area contributed by atoms with Gasteiger partial charge in [0.05, 0.1) is 12.2 Å². The van der Waals surface area contributed by atoms with E-state index in [1.807, 2.05) is 18.0 Å². The Kier molecular flexibility index (Phi) is 9.75. The lowest BCUT2D eigenvalue weighted by molar-refractivity contribution is -0.130. The third-order valence-corrected chi connectivity index (χ3v) is 12.4. The van der Waals surface area contributed by atoms with Crippen LogP contribution in [0.5, 0.6) is 5.75 Å². The van der Waals surface area contributed by atoms with Crippen LogP contribution in [-0.4, -0.2) is 45.8 Å². The summed E-state index contributed by atoms with van der Waals surface area (Å²) in [5.41, 5.74) is 2.52. The Bertz CT molecular complexity index is 1040. The molecule has 3 N–H and O–H groups in total. The SMILES string of the molecule is CCCCN(C)C(=O)CCCCCCCCCCC1C2C(CC[C@@]3(C)C2C[C@@H](O)C32CC2)c2ccc(O)cc2[C@H]1O. The van der Waals surface area contributed by atoms with Gasteiger partial charge in [-0.2, -0.15) is 0 Å². The van der Waals surface area contributed by atoms with Crippen molar-refractivity contribution in [3.63, 3.8) is 0 Å². The zero-order valence-electron chi connectivity index (χ0n) is 26.1. The minimum Gasteiger partial charge on any atom is -0.508 e. The molecular weight excluding hydrogens is 510 g/mol. The Morgan fingerprint density at radius 3 is 2.32 bits per heavy atom.